The molecule has 17 heavy (non-hydrogen) atoms. The zero-order valence-corrected chi connectivity index (χ0v) is 9.00. The first-order valence-electron chi connectivity index (χ1n) is 5.46. The van der Waals surface area contributed by atoms with Crippen molar-refractivity contribution < 1.29 is 4.92 Å². The number of nitro benzene ring substituents is 1. The van der Waals surface area contributed by atoms with Crippen molar-refractivity contribution in [2.75, 3.05) is 0 Å². The van der Waals surface area contributed by atoms with Gasteiger partial charge in [-0.05, 0) is 18.9 Å². The van der Waals surface area contributed by atoms with Crippen LogP contribution in [-0.2, 0) is 0 Å². The summed E-state index contributed by atoms with van der Waals surface area (Å²) in [6.45, 7) is 0. The van der Waals surface area contributed by atoms with E-state index in [2.05, 4.69) is 0 Å². The Kier molecular flexibility index (Phi) is 2.01. The summed E-state index contributed by atoms with van der Waals surface area (Å²) < 4.78 is 2.03. The van der Waals surface area contributed by atoms with Crippen LogP contribution in [0.3, 0.4) is 0 Å². The summed E-state index contributed by atoms with van der Waals surface area (Å²) in [4.78, 5) is 21.9. The van der Waals surface area contributed by atoms with Crippen molar-refractivity contribution >= 4 is 16.6 Å². The zero-order chi connectivity index (χ0) is 12.0. The van der Waals surface area contributed by atoms with Crippen molar-refractivity contribution in [3.8, 4) is 0 Å². The molecule has 5 nitrogen and oxygen atoms in total. The SMILES string of the molecule is O=c1ccn(C2CC2)c2ccc([N+](=O)[O-])cc12. The van der Waals surface area contributed by atoms with E-state index in [-0.39, 0.29) is 11.1 Å². The van der Waals surface area contributed by atoms with E-state index in [0.717, 1.165) is 18.4 Å². The average molecular weight is 230 g/mol. The van der Waals surface area contributed by atoms with Gasteiger partial charge in [0.05, 0.1) is 15.8 Å². The summed E-state index contributed by atoms with van der Waals surface area (Å²) in [5.41, 5.74) is 0.578. The smallest absolute Gasteiger partial charge is 0.270 e. The molecule has 5 heteroatoms. The lowest BCUT2D eigenvalue weighted by Crippen LogP contribution is -2.07. The third-order valence-corrected chi connectivity index (χ3v) is 3.06. The third kappa shape index (κ3) is 1.60. The quantitative estimate of drug-likeness (QED) is 0.587. The second-order valence-electron chi connectivity index (χ2n) is 4.28. The normalized spacial score (nSPS) is 15.1. The van der Waals surface area contributed by atoms with Gasteiger partial charge in [0, 0.05) is 30.4 Å². The first kappa shape index (κ1) is 10.0. The number of aromatic nitrogens is 1. The lowest BCUT2D eigenvalue weighted by Gasteiger charge is -2.08. The van der Waals surface area contributed by atoms with Gasteiger partial charge in [-0.2, -0.15) is 0 Å². The number of fused-ring (bicyclic) bond motifs is 1. The number of pyridine rings is 1. The predicted octanol–water partition coefficient (Wildman–Crippen LogP) is 2.24. The Bertz CT molecular complexity index is 671. The van der Waals surface area contributed by atoms with Gasteiger partial charge in [-0.15, -0.1) is 0 Å². The summed E-state index contributed by atoms with van der Waals surface area (Å²) in [6, 6.07) is 6.38. The number of hydrogen-bond donors (Lipinski definition) is 0. The molecule has 1 fully saturated rings. The van der Waals surface area contributed by atoms with E-state index in [4.69, 9.17) is 0 Å². The summed E-state index contributed by atoms with van der Waals surface area (Å²) in [5, 5.41) is 11.1. The second-order valence-corrected chi connectivity index (χ2v) is 4.28. The van der Waals surface area contributed by atoms with Gasteiger partial charge in [0.1, 0.15) is 0 Å². The summed E-state index contributed by atoms with van der Waals surface area (Å²) in [6.07, 6.45) is 3.98. The Morgan fingerprint density at radius 2 is 2.06 bits per heavy atom. The average Bonchev–Trinajstić information content (AvgIpc) is 3.13. The van der Waals surface area contributed by atoms with E-state index in [1.54, 1.807) is 12.3 Å². The Hall–Kier alpha value is -2.17. The topological polar surface area (TPSA) is 65.1 Å². The summed E-state index contributed by atoms with van der Waals surface area (Å²) in [5.74, 6) is 0. The molecule has 0 aliphatic heterocycles. The molecule has 0 unspecified atom stereocenters. The van der Waals surface area contributed by atoms with Crippen LogP contribution in [0.5, 0.6) is 0 Å². The van der Waals surface area contributed by atoms with Gasteiger partial charge in [0.2, 0.25) is 0 Å². The minimum atomic E-state index is -0.479. The molecule has 1 aromatic heterocycles. The highest BCUT2D eigenvalue weighted by molar-refractivity contribution is 5.81. The first-order chi connectivity index (χ1) is 8.16. The van der Waals surface area contributed by atoms with E-state index in [1.165, 1.54) is 18.2 Å². The van der Waals surface area contributed by atoms with Crippen LogP contribution < -0.4 is 5.43 Å². The fraction of sp³-hybridized carbons (Fsp3) is 0.250. The van der Waals surface area contributed by atoms with Gasteiger partial charge in [-0.3, -0.25) is 14.9 Å². The van der Waals surface area contributed by atoms with Crippen molar-refractivity contribution in [3.63, 3.8) is 0 Å². The molecular weight excluding hydrogens is 220 g/mol. The van der Waals surface area contributed by atoms with E-state index in [9.17, 15) is 14.9 Å². The van der Waals surface area contributed by atoms with Gasteiger partial charge in [0.15, 0.2) is 5.43 Å². The highest BCUT2D eigenvalue weighted by Gasteiger charge is 2.24. The van der Waals surface area contributed by atoms with Crippen LogP contribution in [0.15, 0.2) is 35.3 Å². The van der Waals surface area contributed by atoms with Crippen LogP contribution >= 0.6 is 0 Å². The van der Waals surface area contributed by atoms with E-state index in [0.29, 0.717) is 11.4 Å². The minimum Gasteiger partial charge on any atom is -0.344 e. The molecule has 1 aliphatic rings. The Balaban J connectivity index is 2.32. The molecule has 1 heterocycles. The van der Waals surface area contributed by atoms with Crippen molar-refractivity contribution in [1.82, 2.24) is 4.57 Å². The van der Waals surface area contributed by atoms with Gasteiger partial charge in [-0.25, -0.2) is 0 Å². The van der Waals surface area contributed by atoms with Gasteiger partial charge in [0.25, 0.3) is 5.69 Å². The number of nitrogens with zero attached hydrogens (tertiary/aromatic N) is 2. The molecule has 3 rings (SSSR count). The predicted molar refractivity (Wildman–Crippen MR) is 63.1 cm³/mol. The molecule has 0 saturated heterocycles. The molecule has 2 aromatic rings. The number of benzene rings is 1. The molecule has 0 radical (unpaired) electrons. The van der Waals surface area contributed by atoms with Crippen molar-refractivity contribution in [1.29, 1.82) is 0 Å². The first-order valence-corrected chi connectivity index (χ1v) is 5.46. The molecule has 0 bridgehead atoms. The van der Waals surface area contributed by atoms with Gasteiger partial charge < -0.3 is 4.57 Å². The molecule has 0 atom stereocenters. The van der Waals surface area contributed by atoms with Crippen molar-refractivity contribution in [2.45, 2.75) is 18.9 Å². The minimum absolute atomic E-state index is 0.0388. The number of nitro groups is 1. The number of non-ortho nitro benzene ring substituents is 1. The van der Waals surface area contributed by atoms with Crippen molar-refractivity contribution in [2.24, 2.45) is 0 Å². The van der Waals surface area contributed by atoms with E-state index < -0.39 is 4.92 Å². The van der Waals surface area contributed by atoms with E-state index >= 15 is 0 Å². The van der Waals surface area contributed by atoms with Crippen molar-refractivity contribution in [3.05, 3.63) is 50.8 Å². The Morgan fingerprint density at radius 3 is 2.71 bits per heavy atom. The van der Waals surface area contributed by atoms with E-state index in [1.807, 2.05) is 4.57 Å². The maximum absolute atomic E-state index is 11.7. The zero-order valence-electron chi connectivity index (χ0n) is 9.00. The standard InChI is InChI=1S/C12H10N2O3/c15-12-5-6-13(8-1-2-8)11-4-3-9(14(16)17)7-10(11)12/h3-8H,1-2H2. The Labute approximate surface area is 96.4 Å². The van der Waals surface area contributed by atoms with Crippen LogP contribution in [0, 0.1) is 10.1 Å². The molecule has 1 aliphatic carbocycles. The summed E-state index contributed by atoms with van der Waals surface area (Å²) >= 11 is 0. The fourth-order valence-corrected chi connectivity index (χ4v) is 2.05. The molecule has 86 valence electrons. The maximum Gasteiger partial charge on any atom is 0.270 e. The molecule has 1 saturated carbocycles. The van der Waals surface area contributed by atoms with Crippen LogP contribution in [0.2, 0.25) is 0 Å². The van der Waals surface area contributed by atoms with Gasteiger partial charge >= 0.3 is 0 Å². The molecule has 0 N–H and O–H groups in total. The molecule has 0 spiro atoms. The highest BCUT2D eigenvalue weighted by atomic mass is 16.6. The van der Waals surface area contributed by atoms with Gasteiger partial charge in [-0.1, -0.05) is 0 Å². The van der Waals surface area contributed by atoms with Crippen LogP contribution in [-0.4, -0.2) is 9.49 Å². The third-order valence-electron chi connectivity index (χ3n) is 3.06. The largest absolute Gasteiger partial charge is 0.344 e. The molecule has 1 aromatic carbocycles. The van der Waals surface area contributed by atoms with Crippen LogP contribution in [0.1, 0.15) is 18.9 Å². The fourth-order valence-electron chi connectivity index (χ4n) is 2.05. The monoisotopic (exact) mass is 230 g/mol. The molecule has 0 amide bonds. The molecular formula is C12H10N2O3. The lowest BCUT2D eigenvalue weighted by molar-refractivity contribution is -0.384. The van der Waals surface area contributed by atoms with Crippen LogP contribution in [0.25, 0.3) is 10.9 Å². The number of rotatable bonds is 2. The maximum atomic E-state index is 11.7. The lowest BCUT2D eigenvalue weighted by atomic mass is 10.2. The van der Waals surface area contributed by atoms with Crippen LogP contribution in [0.4, 0.5) is 5.69 Å². The second kappa shape index (κ2) is 3.41. The Morgan fingerprint density at radius 1 is 1.29 bits per heavy atom. The summed E-state index contributed by atoms with van der Waals surface area (Å²) in [7, 11) is 0. The highest BCUT2D eigenvalue weighted by Crippen LogP contribution is 2.36. The number of hydrogen-bond acceptors (Lipinski definition) is 3.